The highest BCUT2D eigenvalue weighted by atomic mass is 16.3. The Hall–Kier alpha value is -0.0400. The predicted octanol–water partition coefficient (Wildman–Crippen LogP) is 4.53. The van der Waals surface area contributed by atoms with Gasteiger partial charge in [-0.3, -0.25) is 0 Å². The van der Waals surface area contributed by atoms with Crippen LogP contribution in [0.15, 0.2) is 0 Å². The molecule has 0 radical (unpaired) electrons. The highest BCUT2D eigenvalue weighted by Crippen LogP contribution is 2.34. The Bertz CT molecular complexity index is 208. The van der Waals surface area contributed by atoms with Gasteiger partial charge in [-0.2, -0.15) is 0 Å². The van der Waals surface area contributed by atoms with Gasteiger partial charge in [0.25, 0.3) is 0 Å². The Morgan fingerprint density at radius 3 is 2.47 bits per heavy atom. The third-order valence-corrected chi connectivity index (χ3v) is 5.12. The van der Waals surface area contributed by atoms with Crippen LogP contribution < -0.4 is 0 Å². The molecule has 0 heterocycles. The van der Waals surface area contributed by atoms with Gasteiger partial charge in [0.05, 0.1) is 6.10 Å². The fourth-order valence-electron chi connectivity index (χ4n) is 3.95. The van der Waals surface area contributed by atoms with E-state index in [2.05, 4.69) is 6.92 Å². The summed E-state index contributed by atoms with van der Waals surface area (Å²) in [5.74, 6) is 2.39. The number of hydrogen-bond donors (Lipinski definition) is 1. The zero-order valence-corrected chi connectivity index (χ0v) is 11.5. The second kappa shape index (κ2) is 6.78. The number of rotatable bonds is 4. The Balaban J connectivity index is 1.67. The maximum atomic E-state index is 10.3. The van der Waals surface area contributed by atoms with Crippen LogP contribution in [0.4, 0.5) is 0 Å². The summed E-state index contributed by atoms with van der Waals surface area (Å²) in [4.78, 5) is 0. The summed E-state index contributed by atoms with van der Waals surface area (Å²) >= 11 is 0. The molecule has 0 aliphatic heterocycles. The van der Waals surface area contributed by atoms with E-state index < -0.39 is 0 Å². The second-order valence-electron chi connectivity index (χ2n) is 6.68. The quantitative estimate of drug-likeness (QED) is 0.762. The van der Waals surface area contributed by atoms with E-state index >= 15 is 0 Å². The molecular formula is C16H30O. The fourth-order valence-corrected chi connectivity index (χ4v) is 3.95. The highest BCUT2D eigenvalue weighted by Gasteiger charge is 2.25. The third-order valence-electron chi connectivity index (χ3n) is 5.12. The van der Waals surface area contributed by atoms with Crippen molar-refractivity contribution in [3.63, 3.8) is 0 Å². The van der Waals surface area contributed by atoms with Crippen molar-refractivity contribution in [1.82, 2.24) is 0 Å². The van der Waals surface area contributed by atoms with Crippen molar-refractivity contribution in [3.8, 4) is 0 Å². The summed E-state index contributed by atoms with van der Waals surface area (Å²) < 4.78 is 0. The molecule has 0 aromatic carbocycles. The molecule has 0 aromatic heterocycles. The normalized spacial score (nSPS) is 33.5. The molecule has 1 nitrogen and oxygen atoms in total. The van der Waals surface area contributed by atoms with Crippen LogP contribution in [0.2, 0.25) is 0 Å². The molecule has 0 aromatic rings. The second-order valence-corrected chi connectivity index (χ2v) is 6.68. The van der Waals surface area contributed by atoms with Crippen LogP contribution in [-0.2, 0) is 0 Å². The van der Waals surface area contributed by atoms with Crippen molar-refractivity contribution in [3.05, 3.63) is 0 Å². The molecule has 17 heavy (non-hydrogen) atoms. The van der Waals surface area contributed by atoms with Crippen molar-refractivity contribution in [2.24, 2.45) is 17.8 Å². The van der Waals surface area contributed by atoms with Gasteiger partial charge in [0, 0.05) is 0 Å². The number of aliphatic hydroxyl groups is 1. The van der Waals surface area contributed by atoms with E-state index in [1.807, 2.05) is 0 Å². The lowest BCUT2D eigenvalue weighted by Crippen LogP contribution is -2.26. The molecule has 3 unspecified atom stereocenters. The van der Waals surface area contributed by atoms with Crippen molar-refractivity contribution >= 4 is 0 Å². The van der Waals surface area contributed by atoms with Crippen molar-refractivity contribution < 1.29 is 5.11 Å². The Morgan fingerprint density at radius 1 is 1.00 bits per heavy atom. The van der Waals surface area contributed by atoms with Gasteiger partial charge in [0.1, 0.15) is 0 Å². The molecule has 2 saturated carbocycles. The van der Waals surface area contributed by atoms with Crippen LogP contribution in [0.3, 0.4) is 0 Å². The van der Waals surface area contributed by atoms with Crippen molar-refractivity contribution in [1.29, 1.82) is 0 Å². The summed E-state index contributed by atoms with van der Waals surface area (Å²) in [7, 11) is 0. The Morgan fingerprint density at radius 2 is 1.76 bits per heavy atom. The lowest BCUT2D eigenvalue weighted by molar-refractivity contribution is 0.0578. The number of aliphatic hydroxyl groups excluding tert-OH is 1. The van der Waals surface area contributed by atoms with Gasteiger partial charge < -0.3 is 5.11 Å². The van der Waals surface area contributed by atoms with Crippen LogP contribution >= 0.6 is 0 Å². The average Bonchev–Trinajstić information content (AvgIpc) is 2.37. The molecular weight excluding hydrogens is 208 g/mol. The zero-order chi connectivity index (χ0) is 12.1. The minimum atomic E-state index is -0.000300. The molecule has 0 saturated heterocycles. The molecule has 0 bridgehead atoms. The predicted molar refractivity (Wildman–Crippen MR) is 72.9 cm³/mol. The standard InChI is InChI=1S/C16H30O/c1-13-6-5-9-15(12-13)16(17)11-10-14-7-3-2-4-8-14/h13-17H,2-12H2,1H3. The Labute approximate surface area is 107 Å². The number of hydrogen-bond acceptors (Lipinski definition) is 1. The molecule has 1 heteroatoms. The zero-order valence-electron chi connectivity index (χ0n) is 11.5. The van der Waals surface area contributed by atoms with E-state index in [-0.39, 0.29) is 6.10 Å². The lowest BCUT2D eigenvalue weighted by Gasteiger charge is -2.31. The molecule has 100 valence electrons. The van der Waals surface area contributed by atoms with E-state index in [9.17, 15) is 5.11 Å². The molecule has 3 atom stereocenters. The maximum Gasteiger partial charge on any atom is 0.0568 e. The van der Waals surface area contributed by atoms with Crippen LogP contribution in [-0.4, -0.2) is 11.2 Å². The molecule has 2 aliphatic rings. The van der Waals surface area contributed by atoms with Gasteiger partial charge in [-0.25, -0.2) is 0 Å². The minimum Gasteiger partial charge on any atom is -0.393 e. The van der Waals surface area contributed by atoms with Gasteiger partial charge in [-0.05, 0) is 43.4 Å². The summed E-state index contributed by atoms with van der Waals surface area (Å²) in [5, 5.41) is 10.3. The van der Waals surface area contributed by atoms with Gasteiger partial charge in [-0.1, -0.05) is 51.9 Å². The van der Waals surface area contributed by atoms with Crippen molar-refractivity contribution in [2.45, 2.75) is 83.7 Å². The molecule has 2 rings (SSSR count). The first kappa shape index (κ1) is 13.4. The first-order valence-corrected chi connectivity index (χ1v) is 7.93. The Kier molecular flexibility index (Phi) is 5.34. The summed E-state index contributed by atoms with van der Waals surface area (Å²) in [6.07, 6.45) is 14.8. The average molecular weight is 238 g/mol. The molecule has 1 N–H and O–H groups in total. The third kappa shape index (κ3) is 4.28. The fraction of sp³-hybridized carbons (Fsp3) is 1.00. The summed E-state index contributed by atoms with van der Waals surface area (Å²) in [6.45, 7) is 2.35. The molecule has 0 spiro atoms. The lowest BCUT2D eigenvalue weighted by atomic mass is 9.77. The summed E-state index contributed by atoms with van der Waals surface area (Å²) in [5.41, 5.74) is 0. The van der Waals surface area contributed by atoms with Gasteiger partial charge in [-0.15, -0.1) is 0 Å². The van der Waals surface area contributed by atoms with Crippen molar-refractivity contribution in [2.75, 3.05) is 0 Å². The largest absolute Gasteiger partial charge is 0.393 e. The van der Waals surface area contributed by atoms with E-state index in [0.717, 1.165) is 18.3 Å². The van der Waals surface area contributed by atoms with Crippen LogP contribution in [0.1, 0.15) is 77.6 Å². The SMILES string of the molecule is CC1CCCC(C(O)CCC2CCCCC2)C1. The molecule has 2 aliphatic carbocycles. The topological polar surface area (TPSA) is 20.2 Å². The highest BCUT2D eigenvalue weighted by molar-refractivity contribution is 4.77. The first-order valence-electron chi connectivity index (χ1n) is 7.93. The van der Waals surface area contributed by atoms with E-state index in [1.54, 1.807) is 0 Å². The van der Waals surface area contributed by atoms with Gasteiger partial charge in [0.15, 0.2) is 0 Å². The van der Waals surface area contributed by atoms with Crippen LogP contribution in [0.5, 0.6) is 0 Å². The summed E-state index contributed by atoms with van der Waals surface area (Å²) in [6, 6.07) is 0. The van der Waals surface area contributed by atoms with Crippen LogP contribution in [0, 0.1) is 17.8 Å². The monoisotopic (exact) mass is 238 g/mol. The van der Waals surface area contributed by atoms with E-state index in [0.29, 0.717) is 5.92 Å². The molecule has 0 amide bonds. The van der Waals surface area contributed by atoms with Gasteiger partial charge in [0.2, 0.25) is 0 Å². The minimum absolute atomic E-state index is 0.000300. The first-order chi connectivity index (χ1) is 8.25. The van der Waals surface area contributed by atoms with E-state index in [1.165, 1.54) is 64.2 Å². The van der Waals surface area contributed by atoms with E-state index in [4.69, 9.17) is 0 Å². The molecule has 2 fully saturated rings. The smallest absolute Gasteiger partial charge is 0.0568 e. The maximum absolute atomic E-state index is 10.3. The van der Waals surface area contributed by atoms with Crippen LogP contribution in [0.25, 0.3) is 0 Å². The van der Waals surface area contributed by atoms with Gasteiger partial charge >= 0.3 is 0 Å².